The van der Waals surface area contributed by atoms with Crippen molar-refractivity contribution in [2.24, 2.45) is 7.05 Å². The molecule has 0 spiro atoms. The molecule has 5 nitrogen and oxygen atoms in total. The highest BCUT2D eigenvalue weighted by molar-refractivity contribution is 6.09. The number of nitriles is 1. The van der Waals surface area contributed by atoms with Gasteiger partial charge in [0, 0.05) is 18.7 Å². The quantitative estimate of drug-likeness (QED) is 0.755. The molecule has 18 heavy (non-hydrogen) atoms. The molecule has 1 aromatic heterocycles. The Morgan fingerprint density at radius 1 is 1.39 bits per heavy atom. The summed E-state index contributed by atoms with van der Waals surface area (Å²) in [4.78, 5) is 14.0. The van der Waals surface area contributed by atoms with Crippen molar-refractivity contribution in [3.63, 3.8) is 0 Å². The standard InChI is InChI=1S/C13H10N4O/c1-16-12(4-5-15-16)17-8-10-3-2-9(7-14)6-11(10)13(17)18/h2-6H,8H2,1H3. The molecule has 0 atom stereocenters. The average Bonchev–Trinajstić information content (AvgIpc) is 2.93. The van der Waals surface area contributed by atoms with E-state index in [4.69, 9.17) is 5.26 Å². The highest BCUT2D eigenvalue weighted by atomic mass is 16.2. The van der Waals surface area contributed by atoms with Crippen LogP contribution >= 0.6 is 0 Å². The van der Waals surface area contributed by atoms with Crippen LogP contribution in [0.1, 0.15) is 21.5 Å². The van der Waals surface area contributed by atoms with Crippen LogP contribution in [0, 0.1) is 11.3 Å². The molecule has 0 unspecified atom stereocenters. The van der Waals surface area contributed by atoms with Gasteiger partial charge in [0.15, 0.2) is 0 Å². The first kappa shape index (κ1) is 10.5. The maximum atomic E-state index is 12.3. The van der Waals surface area contributed by atoms with Crippen LogP contribution in [0.15, 0.2) is 30.5 Å². The number of amides is 1. The number of fused-ring (bicyclic) bond motifs is 1. The number of carbonyl (C=O) groups excluding carboxylic acids is 1. The van der Waals surface area contributed by atoms with Gasteiger partial charge in [-0.05, 0) is 17.7 Å². The Bertz CT molecular complexity index is 681. The number of anilines is 1. The molecule has 0 radical (unpaired) electrons. The summed E-state index contributed by atoms with van der Waals surface area (Å²) in [7, 11) is 1.80. The normalized spacial score (nSPS) is 13.6. The molecule has 88 valence electrons. The third-order valence-corrected chi connectivity index (χ3v) is 3.11. The molecule has 1 aromatic carbocycles. The second kappa shape index (κ2) is 3.70. The largest absolute Gasteiger partial charge is 0.288 e. The minimum absolute atomic E-state index is 0.0781. The van der Waals surface area contributed by atoms with Crippen LogP contribution in [-0.4, -0.2) is 15.7 Å². The van der Waals surface area contributed by atoms with E-state index in [0.717, 1.165) is 11.4 Å². The molecule has 1 aliphatic heterocycles. The number of nitrogens with zero attached hydrogens (tertiary/aromatic N) is 4. The van der Waals surface area contributed by atoms with Gasteiger partial charge in [-0.1, -0.05) is 6.07 Å². The van der Waals surface area contributed by atoms with Gasteiger partial charge in [0.25, 0.3) is 5.91 Å². The lowest BCUT2D eigenvalue weighted by Gasteiger charge is -2.14. The van der Waals surface area contributed by atoms with Crippen molar-refractivity contribution in [1.29, 1.82) is 5.26 Å². The molecule has 3 rings (SSSR count). The van der Waals surface area contributed by atoms with Gasteiger partial charge in [0.1, 0.15) is 5.82 Å². The lowest BCUT2D eigenvalue weighted by molar-refractivity contribution is 0.0995. The van der Waals surface area contributed by atoms with E-state index < -0.39 is 0 Å². The van der Waals surface area contributed by atoms with E-state index in [-0.39, 0.29) is 5.91 Å². The topological polar surface area (TPSA) is 61.9 Å². The monoisotopic (exact) mass is 238 g/mol. The maximum absolute atomic E-state index is 12.3. The Balaban J connectivity index is 2.05. The Morgan fingerprint density at radius 3 is 2.89 bits per heavy atom. The first-order valence-electron chi connectivity index (χ1n) is 5.53. The molecular weight excluding hydrogens is 228 g/mol. The summed E-state index contributed by atoms with van der Waals surface area (Å²) in [6.45, 7) is 0.527. The van der Waals surface area contributed by atoms with E-state index >= 15 is 0 Å². The predicted molar refractivity (Wildman–Crippen MR) is 64.9 cm³/mol. The van der Waals surface area contributed by atoms with Gasteiger partial charge in [-0.2, -0.15) is 10.4 Å². The second-order valence-electron chi connectivity index (χ2n) is 4.19. The first-order chi connectivity index (χ1) is 8.70. The van der Waals surface area contributed by atoms with Gasteiger partial charge in [0.2, 0.25) is 0 Å². The average molecular weight is 238 g/mol. The fraction of sp³-hybridized carbons (Fsp3) is 0.154. The van der Waals surface area contributed by atoms with Crippen LogP contribution in [0.4, 0.5) is 5.82 Å². The lowest BCUT2D eigenvalue weighted by atomic mass is 10.1. The highest BCUT2D eigenvalue weighted by Gasteiger charge is 2.30. The fourth-order valence-corrected chi connectivity index (χ4v) is 2.19. The molecule has 5 heteroatoms. The Hall–Kier alpha value is -2.61. The van der Waals surface area contributed by atoms with E-state index in [1.54, 1.807) is 41.0 Å². The van der Waals surface area contributed by atoms with Crippen molar-refractivity contribution >= 4 is 11.7 Å². The molecule has 0 saturated carbocycles. The van der Waals surface area contributed by atoms with Crippen LogP contribution in [0.3, 0.4) is 0 Å². The maximum Gasteiger partial charge on any atom is 0.260 e. The number of hydrogen-bond acceptors (Lipinski definition) is 3. The van der Waals surface area contributed by atoms with E-state index in [0.29, 0.717) is 17.7 Å². The number of hydrogen-bond donors (Lipinski definition) is 0. The minimum atomic E-state index is -0.0781. The number of rotatable bonds is 1. The molecule has 0 fully saturated rings. The van der Waals surface area contributed by atoms with Crippen LogP contribution in [-0.2, 0) is 13.6 Å². The molecule has 0 saturated heterocycles. The van der Waals surface area contributed by atoms with Gasteiger partial charge in [-0.25, -0.2) is 0 Å². The molecular formula is C13H10N4O. The molecule has 0 N–H and O–H groups in total. The fourth-order valence-electron chi connectivity index (χ4n) is 2.19. The van der Waals surface area contributed by atoms with Crippen molar-refractivity contribution in [3.8, 4) is 6.07 Å². The van der Waals surface area contributed by atoms with Crippen LogP contribution < -0.4 is 4.90 Å². The lowest BCUT2D eigenvalue weighted by Crippen LogP contribution is -2.25. The Labute approximate surface area is 104 Å². The number of benzene rings is 1. The van der Waals surface area contributed by atoms with Crippen molar-refractivity contribution in [3.05, 3.63) is 47.2 Å². The van der Waals surface area contributed by atoms with E-state index in [9.17, 15) is 4.79 Å². The highest BCUT2D eigenvalue weighted by Crippen LogP contribution is 2.28. The molecule has 2 aromatic rings. The zero-order valence-electron chi connectivity index (χ0n) is 9.79. The summed E-state index contributed by atoms with van der Waals surface area (Å²) in [6.07, 6.45) is 1.66. The number of aromatic nitrogens is 2. The van der Waals surface area contributed by atoms with Crippen molar-refractivity contribution in [2.45, 2.75) is 6.54 Å². The van der Waals surface area contributed by atoms with Gasteiger partial charge in [-0.3, -0.25) is 14.4 Å². The van der Waals surface area contributed by atoms with Crippen LogP contribution in [0.25, 0.3) is 0 Å². The summed E-state index contributed by atoms with van der Waals surface area (Å²) in [5.74, 6) is 0.681. The molecule has 1 amide bonds. The molecule has 1 aliphatic rings. The molecule has 0 aliphatic carbocycles. The number of aryl methyl sites for hydroxylation is 1. The minimum Gasteiger partial charge on any atom is -0.288 e. The van der Waals surface area contributed by atoms with Crippen molar-refractivity contribution < 1.29 is 4.79 Å². The van der Waals surface area contributed by atoms with E-state index in [1.165, 1.54) is 0 Å². The summed E-state index contributed by atoms with van der Waals surface area (Å²) in [5.41, 5.74) is 2.06. The van der Waals surface area contributed by atoms with Gasteiger partial charge >= 0.3 is 0 Å². The third kappa shape index (κ3) is 1.39. The zero-order valence-corrected chi connectivity index (χ0v) is 9.79. The first-order valence-corrected chi connectivity index (χ1v) is 5.53. The molecule has 0 bridgehead atoms. The Kier molecular flexibility index (Phi) is 2.17. The summed E-state index contributed by atoms with van der Waals surface area (Å²) in [6, 6.07) is 9.07. The van der Waals surface area contributed by atoms with Crippen molar-refractivity contribution in [2.75, 3.05) is 4.90 Å². The van der Waals surface area contributed by atoms with Gasteiger partial charge < -0.3 is 0 Å². The van der Waals surface area contributed by atoms with Gasteiger partial charge in [-0.15, -0.1) is 0 Å². The summed E-state index contributed by atoms with van der Waals surface area (Å²) < 4.78 is 1.66. The zero-order chi connectivity index (χ0) is 12.7. The smallest absolute Gasteiger partial charge is 0.260 e. The predicted octanol–water partition coefficient (Wildman–Crippen LogP) is 1.45. The van der Waals surface area contributed by atoms with Gasteiger partial charge in [0.05, 0.1) is 24.4 Å². The summed E-state index contributed by atoms with van der Waals surface area (Å²) in [5, 5.41) is 12.9. The Morgan fingerprint density at radius 2 is 2.22 bits per heavy atom. The number of carbonyl (C=O) groups is 1. The molecule has 2 heterocycles. The van der Waals surface area contributed by atoms with E-state index in [1.807, 2.05) is 12.1 Å². The second-order valence-corrected chi connectivity index (χ2v) is 4.19. The third-order valence-electron chi connectivity index (χ3n) is 3.11. The summed E-state index contributed by atoms with van der Waals surface area (Å²) >= 11 is 0. The SMILES string of the molecule is Cn1nccc1N1Cc2ccc(C#N)cc2C1=O. The van der Waals surface area contributed by atoms with Crippen LogP contribution in [0.2, 0.25) is 0 Å². The van der Waals surface area contributed by atoms with Crippen LogP contribution in [0.5, 0.6) is 0 Å². The van der Waals surface area contributed by atoms with E-state index in [2.05, 4.69) is 5.10 Å². The van der Waals surface area contributed by atoms with Crippen molar-refractivity contribution in [1.82, 2.24) is 9.78 Å².